The van der Waals surface area contributed by atoms with E-state index in [4.69, 9.17) is 11.6 Å². The van der Waals surface area contributed by atoms with Gasteiger partial charge in [-0.25, -0.2) is 0 Å². The van der Waals surface area contributed by atoms with Crippen LogP contribution in [0.3, 0.4) is 0 Å². The molecule has 1 aromatic rings. The molecular weight excluding hydrogens is 310 g/mol. The monoisotopic (exact) mass is 323 g/mol. The second-order valence-electron chi connectivity index (χ2n) is 3.44. The summed E-state index contributed by atoms with van der Waals surface area (Å²) in [5.74, 6) is 0.576. The third-order valence-electron chi connectivity index (χ3n) is 2.21. The Bertz CT molecular complexity index is 342. The number of halogens is 2. The summed E-state index contributed by atoms with van der Waals surface area (Å²) < 4.78 is 0.983. The molecule has 0 unspecified atom stereocenters. The zero-order chi connectivity index (χ0) is 12.0. The number of nitrogens with zero attached hydrogens (tertiary/aromatic N) is 1. The molecule has 1 aromatic heterocycles. The molecule has 0 aliphatic carbocycles. The Hall–Kier alpha value is -0.0600. The molecule has 16 heavy (non-hydrogen) atoms. The Morgan fingerprint density at radius 3 is 2.75 bits per heavy atom. The highest BCUT2D eigenvalue weighted by molar-refractivity contribution is 9.11. The Morgan fingerprint density at radius 1 is 1.50 bits per heavy atom. The maximum absolute atomic E-state index is 12.1. The molecule has 0 radical (unpaired) electrons. The van der Waals surface area contributed by atoms with E-state index < -0.39 is 0 Å². The number of carbonyl (C=O) groups excluding carboxylic acids is 1. The molecule has 0 saturated carbocycles. The van der Waals surface area contributed by atoms with E-state index in [-0.39, 0.29) is 5.91 Å². The van der Waals surface area contributed by atoms with E-state index in [0.717, 1.165) is 28.0 Å². The first-order valence-electron chi connectivity index (χ1n) is 5.29. The zero-order valence-electron chi connectivity index (χ0n) is 9.21. The van der Waals surface area contributed by atoms with Crippen LogP contribution in [0.1, 0.15) is 29.4 Å². The molecule has 0 spiro atoms. The SMILES string of the molecule is CCCCN(CCCl)C(=O)c1ccc(Br)s1. The van der Waals surface area contributed by atoms with Gasteiger partial charge in [0.25, 0.3) is 5.91 Å². The van der Waals surface area contributed by atoms with Crippen LogP contribution in [0, 0.1) is 0 Å². The van der Waals surface area contributed by atoms with Crippen molar-refractivity contribution in [3.05, 3.63) is 20.8 Å². The minimum Gasteiger partial charge on any atom is -0.337 e. The van der Waals surface area contributed by atoms with Gasteiger partial charge in [-0.15, -0.1) is 22.9 Å². The van der Waals surface area contributed by atoms with Gasteiger partial charge in [0.2, 0.25) is 0 Å². The molecule has 0 aliphatic heterocycles. The second-order valence-corrected chi connectivity index (χ2v) is 6.28. The Morgan fingerprint density at radius 2 is 2.25 bits per heavy atom. The van der Waals surface area contributed by atoms with E-state index in [2.05, 4.69) is 22.9 Å². The fourth-order valence-electron chi connectivity index (χ4n) is 1.35. The third kappa shape index (κ3) is 4.07. The highest BCUT2D eigenvalue weighted by atomic mass is 79.9. The van der Waals surface area contributed by atoms with Crippen molar-refractivity contribution in [1.82, 2.24) is 4.90 Å². The average molecular weight is 325 g/mol. The Labute approximate surface area is 114 Å². The Kier molecular flexibility index (Phi) is 6.39. The number of thiophene rings is 1. The van der Waals surface area contributed by atoms with Crippen molar-refractivity contribution in [2.45, 2.75) is 19.8 Å². The Balaban J connectivity index is 2.66. The number of unbranched alkanes of at least 4 members (excludes halogenated alkanes) is 1. The van der Waals surface area contributed by atoms with Crippen molar-refractivity contribution in [2.24, 2.45) is 0 Å². The molecule has 2 nitrogen and oxygen atoms in total. The summed E-state index contributed by atoms with van der Waals surface area (Å²) in [6.07, 6.45) is 2.11. The average Bonchev–Trinajstić information content (AvgIpc) is 2.70. The largest absolute Gasteiger partial charge is 0.337 e. The van der Waals surface area contributed by atoms with Gasteiger partial charge in [0.15, 0.2) is 0 Å². The van der Waals surface area contributed by atoms with Gasteiger partial charge in [0.1, 0.15) is 0 Å². The van der Waals surface area contributed by atoms with Crippen LogP contribution in [0.25, 0.3) is 0 Å². The van der Waals surface area contributed by atoms with Crippen LogP contribution in [0.4, 0.5) is 0 Å². The van der Waals surface area contributed by atoms with Crippen molar-refractivity contribution < 1.29 is 4.79 Å². The zero-order valence-corrected chi connectivity index (χ0v) is 12.4. The summed E-state index contributed by atoms with van der Waals surface area (Å²) in [6, 6.07) is 3.75. The van der Waals surface area contributed by atoms with Gasteiger partial charge in [-0.1, -0.05) is 13.3 Å². The number of hydrogen-bond donors (Lipinski definition) is 0. The molecular formula is C11H15BrClNOS. The summed E-state index contributed by atoms with van der Waals surface area (Å²) in [7, 11) is 0. The van der Waals surface area contributed by atoms with Crippen LogP contribution < -0.4 is 0 Å². The molecule has 1 amide bonds. The van der Waals surface area contributed by atoms with Gasteiger partial charge in [-0.3, -0.25) is 4.79 Å². The number of amides is 1. The van der Waals surface area contributed by atoms with Crippen molar-refractivity contribution in [3.8, 4) is 0 Å². The summed E-state index contributed by atoms with van der Waals surface area (Å²) in [5.41, 5.74) is 0. The molecule has 0 aliphatic rings. The van der Waals surface area contributed by atoms with Gasteiger partial charge >= 0.3 is 0 Å². The summed E-state index contributed by atoms with van der Waals surface area (Å²) in [6.45, 7) is 3.53. The van der Waals surface area contributed by atoms with Crippen molar-refractivity contribution in [1.29, 1.82) is 0 Å². The number of hydrogen-bond acceptors (Lipinski definition) is 2. The maximum Gasteiger partial charge on any atom is 0.263 e. The van der Waals surface area contributed by atoms with E-state index >= 15 is 0 Å². The van der Waals surface area contributed by atoms with Gasteiger partial charge < -0.3 is 4.90 Å². The minimum atomic E-state index is 0.0878. The standard InChI is InChI=1S/C11H15BrClNOS/c1-2-3-7-14(8-6-13)11(15)9-4-5-10(12)16-9/h4-5H,2-3,6-8H2,1H3. The van der Waals surface area contributed by atoms with E-state index in [0.29, 0.717) is 12.4 Å². The van der Waals surface area contributed by atoms with E-state index in [9.17, 15) is 4.79 Å². The quantitative estimate of drug-likeness (QED) is 0.725. The van der Waals surface area contributed by atoms with Gasteiger partial charge in [-0.2, -0.15) is 0 Å². The van der Waals surface area contributed by atoms with E-state index in [1.165, 1.54) is 11.3 Å². The van der Waals surface area contributed by atoms with E-state index in [1.54, 1.807) is 0 Å². The second kappa shape index (κ2) is 7.30. The van der Waals surface area contributed by atoms with Gasteiger partial charge in [-0.05, 0) is 34.5 Å². The third-order valence-corrected chi connectivity index (χ3v) is 3.99. The molecule has 5 heteroatoms. The summed E-state index contributed by atoms with van der Waals surface area (Å²) in [5, 5.41) is 0. The fourth-order valence-corrected chi connectivity index (χ4v) is 2.91. The molecule has 0 saturated heterocycles. The molecule has 0 atom stereocenters. The topological polar surface area (TPSA) is 20.3 Å². The van der Waals surface area contributed by atoms with Crippen LogP contribution in [-0.4, -0.2) is 29.8 Å². The molecule has 1 rings (SSSR count). The normalized spacial score (nSPS) is 10.4. The maximum atomic E-state index is 12.1. The van der Waals surface area contributed by atoms with Crippen LogP contribution in [0.2, 0.25) is 0 Å². The number of carbonyl (C=O) groups is 1. The lowest BCUT2D eigenvalue weighted by molar-refractivity contribution is 0.0768. The first kappa shape index (κ1) is 14.0. The fraction of sp³-hybridized carbons (Fsp3) is 0.545. The minimum absolute atomic E-state index is 0.0878. The first-order chi connectivity index (χ1) is 7.69. The lowest BCUT2D eigenvalue weighted by Gasteiger charge is -2.20. The van der Waals surface area contributed by atoms with Gasteiger partial charge in [0.05, 0.1) is 8.66 Å². The van der Waals surface area contributed by atoms with Crippen molar-refractivity contribution in [2.75, 3.05) is 19.0 Å². The van der Waals surface area contributed by atoms with Crippen LogP contribution in [0.15, 0.2) is 15.9 Å². The molecule has 0 bridgehead atoms. The molecule has 0 aromatic carbocycles. The van der Waals surface area contributed by atoms with Gasteiger partial charge in [0, 0.05) is 19.0 Å². The van der Waals surface area contributed by atoms with Crippen molar-refractivity contribution in [3.63, 3.8) is 0 Å². The summed E-state index contributed by atoms with van der Waals surface area (Å²) >= 11 is 10.5. The highest BCUT2D eigenvalue weighted by Crippen LogP contribution is 2.23. The lowest BCUT2D eigenvalue weighted by atomic mass is 10.3. The van der Waals surface area contributed by atoms with Crippen LogP contribution >= 0.6 is 38.9 Å². The first-order valence-corrected chi connectivity index (χ1v) is 7.44. The van der Waals surface area contributed by atoms with E-state index in [1.807, 2.05) is 17.0 Å². The van der Waals surface area contributed by atoms with Crippen LogP contribution in [-0.2, 0) is 0 Å². The molecule has 0 N–H and O–H groups in total. The number of alkyl halides is 1. The summed E-state index contributed by atoms with van der Waals surface area (Å²) in [4.78, 5) is 14.7. The smallest absolute Gasteiger partial charge is 0.263 e. The number of rotatable bonds is 6. The van der Waals surface area contributed by atoms with Crippen LogP contribution in [0.5, 0.6) is 0 Å². The lowest BCUT2D eigenvalue weighted by Crippen LogP contribution is -2.33. The molecule has 1 heterocycles. The molecule has 0 fully saturated rings. The predicted octanol–water partition coefficient (Wildman–Crippen LogP) is 3.99. The van der Waals surface area contributed by atoms with Crippen molar-refractivity contribution >= 4 is 44.8 Å². The predicted molar refractivity (Wildman–Crippen MR) is 73.6 cm³/mol. The molecule has 90 valence electrons. The highest BCUT2D eigenvalue weighted by Gasteiger charge is 2.16.